The SMILES string of the molecule is O=C(OC1CC2CC1C1COC(=O)C21)C(I)CI. The van der Waals surface area contributed by atoms with Crippen molar-refractivity contribution in [1.82, 2.24) is 0 Å². The van der Waals surface area contributed by atoms with Gasteiger partial charge in [0.15, 0.2) is 0 Å². The molecule has 1 saturated heterocycles. The van der Waals surface area contributed by atoms with Gasteiger partial charge in [0, 0.05) is 16.3 Å². The van der Waals surface area contributed by atoms with Crippen LogP contribution in [0.2, 0.25) is 0 Å². The summed E-state index contributed by atoms with van der Waals surface area (Å²) in [5.74, 6) is 0.958. The van der Waals surface area contributed by atoms with Gasteiger partial charge in [-0.2, -0.15) is 0 Å². The molecule has 0 aromatic heterocycles. The van der Waals surface area contributed by atoms with Crippen LogP contribution >= 0.6 is 45.2 Å². The van der Waals surface area contributed by atoms with E-state index in [0.29, 0.717) is 24.4 Å². The molecule has 0 radical (unpaired) electrons. The van der Waals surface area contributed by atoms with Crippen LogP contribution in [0.3, 0.4) is 0 Å². The van der Waals surface area contributed by atoms with Crippen LogP contribution in [-0.4, -0.2) is 33.0 Å². The van der Waals surface area contributed by atoms with Gasteiger partial charge in [0.25, 0.3) is 0 Å². The van der Waals surface area contributed by atoms with E-state index in [4.69, 9.17) is 9.47 Å². The molecule has 2 aliphatic carbocycles. The second-order valence-electron chi connectivity index (χ2n) is 5.31. The first-order valence-electron chi connectivity index (χ1n) is 6.19. The standard InChI is InChI=1S/C12H14I2O4/c13-3-8(14)11(15)18-9-2-5-1-6(9)7-4-17-12(16)10(5)7/h5-10H,1-4H2. The number of halogens is 2. The van der Waals surface area contributed by atoms with Crippen LogP contribution in [0.25, 0.3) is 0 Å². The fourth-order valence-electron chi connectivity index (χ4n) is 3.72. The lowest BCUT2D eigenvalue weighted by Gasteiger charge is -2.28. The molecule has 6 atom stereocenters. The molecule has 0 N–H and O–H groups in total. The monoisotopic (exact) mass is 476 g/mol. The van der Waals surface area contributed by atoms with Crippen molar-refractivity contribution in [3.63, 3.8) is 0 Å². The van der Waals surface area contributed by atoms with Gasteiger partial charge in [-0.3, -0.25) is 9.59 Å². The topological polar surface area (TPSA) is 52.6 Å². The Morgan fingerprint density at radius 1 is 1.44 bits per heavy atom. The Kier molecular flexibility index (Phi) is 3.77. The minimum atomic E-state index is -0.107. The molecule has 6 unspecified atom stereocenters. The second kappa shape index (κ2) is 5.06. The summed E-state index contributed by atoms with van der Waals surface area (Å²) in [6.45, 7) is 0.526. The van der Waals surface area contributed by atoms with E-state index in [0.717, 1.165) is 17.3 Å². The molecule has 3 aliphatic rings. The van der Waals surface area contributed by atoms with E-state index in [9.17, 15) is 9.59 Å². The largest absolute Gasteiger partial charge is 0.465 e. The Morgan fingerprint density at radius 2 is 2.22 bits per heavy atom. The highest BCUT2D eigenvalue weighted by Crippen LogP contribution is 2.56. The first-order valence-corrected chi connectivity index (χ1v) is 8.96. The summed E-state index contributed by atoms with van der Waals surface area (Å²) in [6, 6.07) is 0. The fraction of sp³-hybridized carbons (Fsp3) is 0.833. The Morgan fingerprint density at radius 3 is 2.94 bits per heavy atom. The Hall–Kier alpha value is 0.400. The quantitative estimate of drug-likeness (QED) is 0.356. The fourth-order valence-corrected chi connectivity index (χ4v) is 4.23. The van der Waals surface area contributed by atoms with Crippen molar-refractivity contribution in [3.05, 3.63) is 0 Å². The van der Waals surface area contributed by atoms with Gasteiger partial charge in [0.2, 0.25) is 0 Å². The summed E-state index contributed by atoms with van der Waals surface area (Å²) >= 11 is 4.31. The minimum absolute atomic E-state index is 0.0125. The smallest absolute Gasteiger partial charge is 0.319 e. The lowest BCUT2D eigenvalue weighted by atomic mass is 9.80. The van der Waals surface area contributed by atoms with Crippen LogP contribution in [0.15, 0.2) is 0 Å². The number of ether oxygens (including phenoxy) is 2. The van der Waals surface area contributed by atoms with E-state index >= 15 is 0 Å². The molecule has 0 aromatic carbocycles. The zero-order valence-corrected chi connectivity index (χ0v) is 14.0. The number of hydrogen-bond donors (Lipinski definition) is 0. The molecule has 18 heavy (non-hydrogen) atoms. The molecule has 0 amide bonds. The zero-order chi connectivity index (χ0) is 12.9. The third kappa shape index (κ3) is 2.06. The molecular weight excluding hydrogens is 462 g/mol. The van der Waals surface area contributed by atoms with Crippen molar-refractivity contribution < 1.29 is 19.1 Å². The Bertz CT molecular complexity index is 386. The molecule has 3 rings (SSSR count). The third-order valence-electron chi connectivity index (χ3n) is 4.46. The molecule has 2 bridgehead atoms. The number of rotatable bonds is 3. The number of fused-ring (bicyclic) bond motifs is 5. The molecule has 0 aromatic rings. The maximum atomic E-state index is 11.8. The number of esters is 2. The van der Waals surface area contributed by atoms with Crippen molar-refractivity contribution in [1.29, 1.82) is 0 Å². The van der Waals surface area contributed by atoms with Gasteiger partial charge < -0.3 is 9.47 Å². The van der Waals surface area contributed by atoms with Crippen LogP contribution in [0.5, 0.6) is 0 Å². The Labute approximate surface area is 133 Å². The van der Waals surface area contributed by atoms with Gasteiger partial charge in [-0.1, -0.05) is 45.2 Å². The van der Waals surface area contributed by atoms with Gasteiger partial charge in [0.05, 0.1) is 12.5 Å². The van der Waals surface area contributed by atoms with Crippen molar-refractivity contribution in [2.45, 2.75) is 22.9 Å². The lowest BCUT2D eigenvalue weighted by Crippen LogP contribution is -2.36. The van der Waals surface area contributed by atoms with Crippen molar-refractivity contribution in [3.8, 4) is 0 Å². The highest BCUT2D eigenvalue weighted by atomic mass is 127. The number of cyclic esters (lactones) is 1. The Balaban J connectivity index is 1.65. The lowest BCUT2D eigenvalue weighted by molar-refractivity contribution is -0.151. The van der Waals surface area contributed by atoms with Crippen LogP contribution in [0, 0.1) is 23.7 Å². The summed E-state index contributed by atoms with van der Waals surface area (Å²) in [4.78, 5) is 23.4. The summed E-state index contributed by atoms with van der Waals surface area (Å²) < 4.78 is 11.5. The maximum Gasteiger partial charge on any atom is 0.319 e. The molecule has 1 aliphatic heterocycles. The predicted octanol–water partition coefficient (Wildman–Crippen LogP) is 1.97. The number of alkyl halides is 2. The number of carbonyl (C=O) groups excluding carboxylic acids is 2. The summed E-state index contributed by atoms with van der Waals surface area (Å²) in [5.41, 5.74) is 0. The van der Waals surface area contributed by atoms with E-state index in [2.05, 4.69) is 45.2 Å². The van der Waals surface area contributed by atoms with E-state index in [1.807, 2.05) is 0 Å². The van der Waals surface area contributed by atoms with E-state index in [1.165, 1.54) is 0 Å². The maximum absolute atomic E-state index is 11.8. The average molecular weight is 476 g/mol. The second-order valence-corrected chi connectivity index (χ2v) is 7.70. The van der Waals surface area contributed by atoms with Crippen LogP contribution < -0.4 is 0 Å². The number of hydrogen-bond acceptors (Lipinski definition) is 4. The molecule has 2 saturated carbocycles. The van der Waals surface area contributed by atoms with Crippen molar-refractivity contribution in [2.24, 2.45) is 23.7 Å². The predicted molar refractivity (Wildman–Crippen MR) is 80.7 cm³/mol. The first-order chi connectivity index (χ1) is 8.61. The van der Waals surface area contributed by atoms with Crippen LogP contribution in [-0.2, 0) is 19.1 Å². The normalized spacial score (nSPS) is 42.6. The molecule has 1 heterocycles. The van der Waals surface area contributed by atoms with Crippen molar-refractivity contribution in [2.75, 3.05) is 11.0 Å². The highest BCUT2D eigenvalue weighted by Gasteiger charge is 2.60. The van der Waals surface area contributed by atoms with E-state index in [1.54, 1.807) is 0 Å². The molecule has 0 spiro atoms. The van der Waals surface area contributed by atoms with Crippen LogP contribution in [0.4, 0.5) is 0 Å². The average Bonchev–Trinajstić information content (AvgIpc) is 3.01. The van der Waals surface area contributed by atoms with Gasteiger partial charge in [-0.25, -0.2) is 0 Å². The highest BCUT2D eigenvalue weighted by molar-refractivity contribution is 14.1. The molecular formula is C12H14I2O4. The molecule has 6 heteroatoms. The van der Waals surface area contributed by atoms with Gasteiger partial charge >= 0.3 is 11.9 Å². The summed E-state index contributed by atoms with van der Waals surface area (Å²) in [6.07, 6.45) is 1.88. The molecule has 100 valence electrons. The minimum Gasteiger partial charge on any atom is -0.465 e. The van der Waals surface area contributed by atoms with Gasteiger partial charge in [-0.15, -0.1) is 0 Å². The van der Waals surface area contributed by atoms with Gasteiger partial charge in [-0.05, 0) is 18.8 Å². The van der Waals surface area contributed by atoms with E-state index < -0.39 is 0 Å². The van der Waals surface area contributed by atoms with Gasteiger partial charge in [0.1, 0.15) is 10.0 Å². The first kappa shape index (κ1) is 13.4. The van der Waals surface area contributed by atoms with E-state index in [-0.39, 0.29) is 27.9 Å². The van der Waals surface area contributed by atoms with Crippen molar-refractivity contribution >= 4 is 57.1 Å². The number of carbonyl (C=O) groups is 2. The summed E-state index contributed by atoms with van der Waals surface area (Å²) in [5, 5.41) is 0. The third-order valence-corrected chi connectivity index (χ3v) is 7.97. The van der Waals surface area contributed by atoms with Crippen LogP contribution in [0.1, 0.15) is 12.8 Å². The zero-order valence-electron chi connectivity index (χ0n) is 9.68. The summed E-state index contributed by atoms with van der Waals surface area (Å²) in [7, 11) is 0. The molecule has 3 fully saturated rings. The molecule has 4 nitrogen and oxygen atoms in total.